The minimum absolute atomic E-state index is 0.205. The molecular formula is C23H26N4O. The molecule has 0 saturated carbocycles. The molecule has 0 atom stereocenters. The molecule has 0 bridgehead atoms. The highest BCUT2D eigenvalue weighted by Crippen LogP contribution is 2.27. The van der Waals surface area contributed by atoms with E-state index < -0.39 is 0 Å². The highest BCUT2D eigenvalue weighted by molar-refractivity contribution is 5.75. The molecule has 0 aliphatic rings. The maximum absolute atomic E-state index is 6.05. The van der Waals surface area contributed by atoms with Crippen LogP contribution in [-0.4, -0.2) is 19.7 Å². The van der Waals surface area contributed by atoms with Crippen molar-refractivity contribution in [1.82, 2.24) is 19.7 Å². The summed E-state index contributed by atoms with van der Waals surface area (Å²) in [6.45, 7) is 7.21. The molecule has 0 amide bonds. The Hall–Kier alpha value is -2.95. The number of hydrogen-bond acceptors (Lipinski definition) is 4. The van der Waals surface area contributed by atoms with Gasteiger partial charge in [0.25, 0.3) is 0 Å². The van der Waals surface area contributed by atoms with Crippen molar-refractivity contribution in [3.8, 4) is 0 Å². The molecule has 28 heavy (non-hydrogen) atoms. The molecule has 2 aromatic heterocycles. The number of aryl methyl sites for hydroxylation is 3. The predicted molar refractivity (Wildman–Crippen MR) is 110 cm³/mol. The van der Waals surface area contributed by atoms with Gasteiger partial charge >= 0.3 is 0 Å². The van der Waals surface area contributed by atoms with Crippen molar-refractivity contribution in [2.45, 2.75) is 52.0 Å². The first-order valence-electron chi connectivity index (χ1n) is 9.88. The number of aromatic nitrogens is 4. The molecule has 0 aliphatic heterocycles. The van der Waals surface area contributed by atoms with Crippen LogP contribution in [0.2, 0.25) is 0 Å². The molecule has 4 rings (SSSR count). The third-order valence-electron chi connectivity index (χ3n) is 5.13. The van der Waals surface area contributed by atoms with Gasteiger partial charge in [0.05, 0.1) is 11.0 Å². The second-order valence-electron chi connectivity index (χ2n) is 7.82. The van der Waals surface area contributed by atoms with Crippen LogP contribution in [0.4, 0.5) is 0 Å². The third-order valence-corrected chi connectivity index (χ3v) is 5.13. The second kappa shape index (κ2) is 7.58. The lowest BCUT2D eigenvalue weighted by Crippen LogP contribution is -2.21. The minimum Gasteiger partial charge on any atom is -0.425 e. The zero-order chi connectivity index (χ0) is 19.6. The zero-order valence-electron chi connectivity index (χ0n) is 16.7. The second-order valence-corrected chi connectivity index (χ2v) is 7.82. The molecule has 0 saturated heterocycles. The highest BCUT2D eigenvalue weighted by atomic mass is 16.4. The maximum atomic E-state index is 6.05. The van der Waals surface area contributed by atoms with Crippen LogP contribution in [0.3, 0.4) is 0 Å². The number of benzene rings is 2. The summed E-state index contributed by atoms with van der Waals surface area (Å²) < 4.78 is 8.31. The van der Waals surface area contributed by atoms with Crippen molar-refractivity contribution in [3.05, 3.63) is 77.8 Å². The first-order chi connectivity index (χ1) is 13.6. The predicted octanol–water partition coefficient (Wildman–Crippen LogP) is 4.74. The molecule has 5 nitrogen and oxygen atoms in total. The number of fused-ring (bicyclic) bond motifs is 1. The van der Waals surface area contributed by atoms with Gasteiger partial charge in [0, 0.05) is 24.8 Å². The summed E-state index contributed by atoms with van der Waals surface area (Å²) in [6.07, 6.45) is 2.46. The van der Waals surface area contributed by atoms with E-state index in [1.807, 2.05) is 12.1 Å². The average molecular weight is 374 g/mol. The van der Waals surface area contributed by atoms with Gasteiger partial charge in [0.15, 0.2) is 0 Å². The Balaban J connectivity index is 1.50. The standard InChI is InChI=1S/C23H26N4O/c1-4-20-24-18-12-8-9-13-19(18)27(20)15-14-21-25-26-22(28-21)23(2,3)16-17-10-6-5-7-11-17/h5-13H,4,14-16H2,1-3H3. The van der Waals surface area contributed by atoms with Gasteiger partial charge in [-0.3, -0.25) is 0 Å². The van der Waals surface area contributed by atoms with E-state index in [9.17, 15) is 0 Å². The van der Waals surface area contributed by atoms with E-state index in [0.717, 1.165) is 36.2 Å². The smallest absolute Gasteiger partial charge is 0.222 e. The number of para-hydroxylation sites is 2. The molecule has 0 unspecified atom stereocenters. The molecule has 2 heterocycles. The van der Waals surface area contributed by atoms with Crippen LogP contribution in [-0.2, 0) is 31.2 Å². The van der Waals surface area contributed by atoms with Crippen LogP contribution in [0.15, 0.2) is 59.0 Å². The minimum atomic E-state index is -0.205. The molecule has 0 N–H and O–H groups in total. The van der Waals surface area contributed by atoms with Crippen molar-refractivity contribution in [2.24, 2.45) is 0 Å². The monoisotopic (exact) mass is 374 g/mol. The highest BCUT2D eigenvalue weighted by Gasteiger charge is 2.27. The molecule has 0 radical (unpaired) electrons. The average Bonchev–Trinajstić information content (AvgIpc) is 3.31. The Bertz CT molecular complexity index is 1060. The maximum Gasteiger partial charge on any atom is 0.222 e. The van der Waals surface area contributed by atoms with Gasteiger partial charge in [-0.1, -0.05) is 63.2 Å². The summed E-state index contributed by atoms with van der Waals surface area (Å²) >= 11 is 0. The Morgan fingerprint density at radius 3 is 2.50 bits per heavy atom. The van der Waals surface area contributed by atoms with Gasteiger partial charge in [-0.15, -0.1) is 10.2 Å². The molecule has 0 fully saturated rings. The molecule has 0 spiro atoms. The van der Waals surface area contributed by atoms with E-state index in [0.29, 0.717) is 18.2 Å². The van der Waals surface area contributed by atoms with Gasteiger partial charge in [-0.25, -0.2) is 4.98 Å². The van der Waals surface area contributed by atoms with Crippen LogP contribution in [0.5, 0.6) is 0 Å². The van der Waals surface area contributed by atoms with Crippen molar-refractivity contribution < 1.29 is 4.42 Å². The van der Waals surface area contributed by atoms with Crippen molar-refractivity contribution in [1.29, 1.82) is 0 Å². The molecule has 0 aliphatic carbocycles. The number of rotatable bonds is 7. The quantitative estimate of drug-likeness (QED) is 0.469. The van der Waals surface area contributed by atoms with Gasteiger partial charge in [-0.2, -0.15) is 0 Å². The molecular weight excluding hydrogens is 348 g/mol. The summed E-state index contributed by atoms with van der Waals surface area (Å²) in [5.41, 5.74) is 3.26. The lowest BCUT2D eigenvalue weighted by atomic mass is 9.86. The first-order valence-corrected chi connectivity index (χ1v) is 9.88. The Labute approximate surface area is 165 Å². The topological polar surface area (TPSA) is 56.7 Å². The van der Waals surface area contributed by atoms with Crippen LogP contribution < -0.4 is 0 Å². The number of nitrogens with zero attached hydrogens (tertiary/aromatic N) is 4. The summed E-state index contributed by atoms with van der Waals surface area (Å²) in [7, 11) is 0. The van der Waals surface area contributed by atoms with Crippen molar-refractivity contribution in [3.63, 3.8) is 0 Å². The van der Waals surface area contributed by atoms with Crippen molar-refractivity contribution >= 4 is 11.0 Å². The zero-order valence-corrected chi connectivity index (χ0v) is 16.7. The van der Waals surface area contributed by atoms with Crippen molar-refractivity contribution in [2.75, 3.05) is 0 Å². The number of imidazole rings is 1. The van der Waals surface area contributed by atoms with E-state index in [2.05, 4.69) is 78.0 Å². The first kappa shape index (κ1) is 18.4. The lowest BCUT2D eigenvalue weighted by Gasteiger charge is -2.19. The van der Waals surface area contributed by atoms with E-state index in [1.54, 1.807) is 0 Å². The fourth-order valence-electron chi connectivity index (χ4n) is 3.66. The molecule has 2 aromatic carbocycles. The van der Waals surface area contributed by atoms with E-state index in [-0.39, 0.29) is 5.41 Å². The Morgan fingerprint density at radius 2 is 1.71 bits per heavy atom. The fourth-order valence-corrected chi connectivity index (χ4v) is 3.66. The fraction of sp³-hybridized carbons (Fsp3) is 0.348. The van der Waals surface area contributed by atoms with Gasteiger partial charge in [-0.05, 0) is 24.1 Å². The van der Waals surface area contributed by atoms with Gasteiger partial charge in [0.1, 0.15) is 5.82 Å². The summed E-state index contributed by atoms with van der Waals surface area (Å²) in [6, 6.07) is 18.7. The van der Waals surface area contributed by atoms with Crippen LogP contribution in [0.1, 0.15) is 43.9 Å². The van der Waals surface area contributed by atoms with Crippen LogP contribution in [0, 0.1) is 0 Å². The molecule has 4 aromatic rings. The SMILES string of the molecule is CCc1nc2ccccc2n1CCc1nnc(C(C)(C)Cc2ccccc2)o1. The lowest BCUT2D eigenvalue weighted by molar-refractivity contribution is 0.347. The summed E-state index contributed by atoms with van der Waals surface area (Å²) in [5.74, 6) is 2.46. The van der Waals surface area contributed by atoms with Gasteiger partial charge < -0.3 is 8.98 Å². The van der Waals surface area contributed by atoms with Crippen LogP contribution >= 0.6 is 0 Å². The van der Waals surface area contributed by atoms with Crippen LogP contribution in [0.25, 0.3) is 11.0 Å². The molecule has 5 heteroatoms. The largest absolute Gasteiger partial charge is 0.425 e. The van der Waals surface area contributed by atoms with E-state index in [4.69, 9.17) is 9.40 Å². The van der Waals surface area contributed by atoms with E-state index >= 15 is 0 Å². The summed E-state index contributed by atoms with van der Waals surface area (Å²) in [4.78, 5) is 4.73. The summed E-state index contributed by atoms with van der Waals surface area (Å²) in [5, 5.41) is 8.66. The number of hydrogen-bond donors (Lipinski definition) is 0. The third kappa shape index (κ3) is 3.70. The Kier molecular flexibility index (Phi) is 4.99. The Morgan fingerprint density at radius 1 is 0.964 bits per heavy atom. The van der Waals surface area contributed by atoms with E-state index in [1.165, 1.54) is 5.56 Å². The van der Waals surface area contributed by atoms with Gasteiger partial charge in [0.2, 0.25) is 11.8 Å². The normalized spacial score (nSPS) is 12.0. The molecule has 144 valence electrons.